The number of fused-ring (bicyclic) bond motifs is 1. The summed E-state index contributed by atoms with van der Waals surface area (Å²) in [5.41, 5.74) is 1.91. The first kappa shape index (κ1) is 24.0. The van der Waals surface area contributed by atoms with E-state index < -0.39 is 11.9 Å². The summed E-state index contributed by atoms with van der Waals surface area (Å²) >= 11 is 0. The molecule has 0 bridgehead atoms. The number of hydrogen-bond donors (Lipinski definition) is 0. The van der Waals surface area contributed by atoms with E-state index in [1.807, 2.05) is 0 Å². The van der Waals surface area contributed by atoms with Crippen LogP contribution in [0.2, 0.25) is 0 Å². The second-order valence-corrected chi connectivity index (χ2v) is 10.1. The van der Waals surface area contributed by atoms with E-state index in [-0.39, 0.29) is 42.5 Å². The van der Waals surface area contributed by atoms with Crippen molar-refractivity contribution >= 4 is 35.1 Å². The Bertz CT molecular complexity index is 1220. The molecular formula is C28H30N2O6. The van der Waals surface area contributed by atoms with Gasteiger partial charge in [0.25, 0.3) is 0 Å². The Labute approximate surface area is 210 Å². The van der Waals surface area contributed by atoms with Crippen LogP contribution < -0.4 is 19.3 Å². The van der Waals surface area contributed by atoms with Crippen molar-refractivity contribution in [3.63, 3.8) is 0 Å². The highest BCUT2D eigenvalue weighted by Crippen LogP contribution is 2.43. The lowest BCUT2D eigenvalue weighted by atomic mass is 9.76. The topological polar surface area (TPSA) is 93.2 Å². The summed E-state index contributed by atoms with van der Waals surface area (Å²) in [5, 5.41) is 0. The molecule has 0 radical (unpaired) electrons. The van der Waals surface area contributed by atoms with Crippen LogP contribution >= 0.6 is 0 Å². The predicted molar refractivity (Wildman–Crippen MR) is 133 cm³/mol. The van der Waals surface area contributed by atoms with E-state index in [1.54, 1.807) is 61.4 Å². The minimum Gasteiger partial charge on any atom is -0.497 e. The van der Waals surface area contributed by atoms with Crippen molar-refractivity contribution in [3.05, 3.63) is 48.0 Å². The Kier molecular flexibility index (Phi) is 6.28. The number of anilines is 2. The number of methoxy groups -OCH3 is 1. The SMILES string of the molecule is COc1ccc(N2C[C@H](C(=O)Oc3ccc(N4C(=O)[C@H]5C[C@@H](C)CC[C@H]5C4=O)c(C)c3)CC2=O)cc1. The number of carbonyl (C=O) groups is 4. The van der Waals surface area contributed by atoms with Crippen LogP contribution in [0.4, 0.5) is 11.4 Å². The molecule has 2 saturated heterocycles. The molecule has 0 N–H and O–H groups in total. The van der Waals surface area contributed by atoms with E-state index in [4.69, 9.17) is 9.47 Å². The van der Waals surface area contributed by atoms with Crippen molar-refractivity contribution in [2.45, 2.75) is 39.5 Å². The molecule has 0 spiro atoms. The lowest BCUT2D eigenvalue weighted by Gasteiger charge is -2.25. The molecule has 8 heteroatoms. The molecule has 2 aromatic carbocycles. The van der Waals surface area contributed by atoms with Crippen LogP contribution in [-0.2, 0) is 19.2 Å². The van der Waals surface area contributed by atoms with Crippen LogP contribution in [0, 0.1) is 30.6 Å². The van der Waals surface area contributed by atoms with E-state index in [0.717, 1.165) is 19.3 Å². The highest BCUT2D eigenvalue weighted by molar-refractivity contribution is 6.22. The normalized spacial score (nSPS) is 25.8. The zero-order valence-electron chi connectivity index (χ0n) is 20.7. The fraction of sp³-hybridized carbons (Fsp3) is 0.429. The quantitative estimate of drug-likeness (QED) is 0.359. The van der Waals surface area contributed by atoms with Crippen LogP contribution in [0.15, 0.2) is 42.5 Å². The Balaban J connectivity index is 1.26. The molecule has 2 aliphatic heterocycles. The maximum Gasteiger partial charge on any atom is 0.316 e. The van der Waals surface area contributed by atoms with Crippen molar-refractivity contribution < 1.29 is 28.7 Å². The molecule has 3 amide bonds. The largest absolute Gasteiger partial charge is 0.497 e. The highest BCUT2D eigenvalue weighted by atomic mass is 16.5. The van der Waals surface area contributed by atoms with Crippen LogP contribution in [0.1, 0.15) is 38.2 Å². The third kappa shape index (κ3) is 4.25. The summed E-state index contributed by atoms with van der Waals surface area (Å²) in [6.45, 7) is 4.15. The van der Waals surface area contributed by atoms with Crippen molar-refractivity contribution in [3.8, 4) is 11.5 Å². The van der Waals surface area contributed by atoms with Gasteiger partial charge in [-0.2, -0.15) is 0 Å². The number of rotatable bonds is 5. The van der Waals surface area contributed by atoms with Crippen molar-refractivity contribution in [2.24, 2.45) is 23.7 Å². The van der Waals surface area contributed by atoms with Crippen LogP contribution in [0.5, 0.6) is 11.5 Å². The molecule has 2 aromatic rings. The standard InChI is InChI=1S/C28H30N2O6/c1-16-4-10-22-23(12-16)27(33)30(26(22)32)24-11-9-21(13-17(24)2)36-28(34)18-14-25(31)29(15-18)19-5-7-20(35-3)8-6-19/h5-9,11,13,16,18,22-23H,4,10,12,14-15H2,1-3H3/t16-,18+,22+,23-/m0/s1. The van der Waals surface area contributed by atoms with Gasteiger partial charge in [0.2, 0.25) is 17.7 Å². The summed E-state index contributed by atoms with van der Waals surface area (Å²) in [6.07, 6.45) is 2.52. The molecule has 3 fully saturated rings. The van der Waals surface area contributed by atoms with Crippen LogP contribution in [0.3, 0.4) is 0 Å². The van der Waals surface area contributed by atoms with Gasteiger partial charge in [0.1, 0.15) is 11.5 Å². The number of benzene rings is 2. The Hall–Kier alpha value is -3.68. The monoisotopic (exact) mass is 490 g/mol. The molecule has 5 rings (SSSR count). The van der Waals surface area contributed by atoms with Gasteiger partial charge in [-0.25, -0.2) is 4.90 Å². The zero-order chi connectivity index (χ0) is 25.6. The predicted octanol–water partition coefficient (Wildman–Crippen LogP) is 3.89. The minimum atomic E-state index is -0.591. The van der Waals surface area contributed by atoms with Gasteiger partial charge >= 0.3 is 5.97 Å². The summed E-state index contributed by atoms with van der Waals surface area (Å²) in [4.78, 5) is 54.4. The van der Waals surface area contributed by atoms with E-state index in [2.05, 4.69) is 6.92 Å². The maximum atomic E-state index is 13.1. The number of nitrogens with zero attached hydrogens (tertiary/aromatic N) is 2. The Morgan fingerprint density at radius 2 is 1.64 bits per heavy atom. The number of hydrogen-bond acceptors (Lipinski definition) is 6. The van der Waals surface area contributed by atoms with Crippen molar-refractivity contribution in [1.82, 2.24) is 0 Å². The lowest BCUT2D eigenvalue weighted by Crippen LogP contribution is -2.31. The van der Waals surface area contributed by atoms with E-state index in [1.165, 1.54) is 4.90 Å². The van der Waals surface area contributed by atoms with Gasteiger partial charge in [-0.15, -0.1) is 0 Å². The molecule has 0 aromatic heterocycles. The molecule has 36 heavy (non-hydrogen) atoms. The first-order chi connectivity index (χ1) is 17.3. The molecule has 188 valence electrons. The van der Waals surface area contributed by atoms with Crippen molar-refractivity contribution in [1.29, 1.82) is 0 Å². The van der Waals surface area contributed by atoms with E-state index in [9.17, 15) is 19.2 Å². The lowest BCUT2D eigenvalue weighted by molar-refractivity contribution is -0.139. The smallest absolute Gasteiger partial charge is 0.316 e. The molecule has 1 saturated carbocycles. The average Bonchev–Trinajstić information content (AvgIpc) is 3.37. The molecule has 8 nitrogen and oxygen atoms in total. The summed E-state index contributed by atoms with van der Waals surface area (Å²) in [5.74, 6) is -0.519. The molecule has 4 atom stereocenters. The van der Waals surface area contributed by atoms with Crippen LogP contribution in [0.25, 0.3) is 0 Å². The van der Waals surface area contributed by atoms with E-state index in [0.29, 0.717) is 34.4 Å². The van der Waals surface area contributed by atoms with Gasteiger partial charge < -0.3 is 14.4 Å². The van der Waals surface area contributed by atoms with Gasteiger partial charge in [0.05, 0.1) is 30.6 Å². The average molecular weight is 491 g/mol. The first-order valence-electron chi connectivity index (χ1n) is 12.4. The van der Waals surface area contributed by atoms with Gasteiger partial charge in [0.15, 0.2) is 0 Å². The third-order valence-electron chi connectivity index (χ3n) is 7.66. The summed E-state index contributed by atoms with van der Waals surface area (Å²) in [6, 6.07) is 12.0. The Morgan fingerprint density at radius 3 is 2.33 bits per heavy atom. The maximum absolute atomic E-state index is 13.1. The number of imide groups is 1. The molecule has 0 unspecified atom stereocenters. The molecule has 1 aliphatic carbocycles. The van der Waals surface area contributed by atoms with Gasteiger partial charge in [-0.05, 0) is 80.1 Å². The molecule has 2 heterocycles. The summed E-state index contributed by atoms with van der Waals surface area (Å²) < 4.78 is 10.8. The number of esters is 1. The second kappa shape index (κ2) is 9.41. The number of carbonyl (C=O) groups excluding carboxylic acids is 4. The Morgan fingerprint density at radius 1 is 0.944 bits per heavy atom. The number of aryl methyl sites for hydroxylation is 1. The minimum absolute atomic E-state index is 0.0694. The zero-order valence-corrected chi connectivity index (χ0v) is 20.7. The van der Waals surface area contributed by atoms with Gasteiger partial charge in [0, 0.05) is 18.7 Å². The third-order valence-corrected chi connectivity index (χ3v) is 7.66. The van der Waals surface area contributed by atoms with Crippen LogP contribution in [-0.4, -0.2) is 37.3 Å². The van der Waals surface area contributed by atoms with Gasteiger partial charge in [-0.1, -0.05) is 6.92 Å². The molecular weight excluding hydrogens is 460 g/mol. The first-order valence-corrected chi connectivity index (χ1v) is 12.4. The number of amides is 3. The fourth-order valence-corrected chi connectivity index (χ4v) is 5.65. The highest BCUT2D eigenvalue weighted by Gasteiger charge is 2.50. The summed E-state index contributed by atoms with van der Waals surface area (Å²) in [7, 11) is 1.57. The number of ether oxygens (including phenoxy) is 2. The van der Waals surface area contributed by atoms with Crippen molar-refractivity contribution in [2.75, 3.05) is 23.5 Å². The fourth-order valence-electron chi connectivity index (χ4n) is 5.65. The van der Waals surface area contributed by atoms with E-state index >= 15 is 0 Å². The second-order valence-electron chi connectivity index (χ2n) is 10.1. The molecule has 3 aliphatic rings. The van der Waals surface area contributed by atoms with Gasteiger partial charge in [-0.3, -0.25) is 19.2 Å².